The van der Waals surface area contributed by atoms with Crippen LogP contribution in [0.1, 0.15) is 18.1 Å². The molecule has 1 unspecified atom stereocenters. The molecule has 1 rings (SSSR count). The van der Waals surface area contributed by atoms with Gasteiger partial charge in [0.05, 0.1) is 12.6 Å². The highest BCUT2D eigenvalue weighted by Crippen LogP contribution is 2.12. The number of nitrogens with one attached hydrogen (secondary N) is 1. The number of carbonyl (C=O) groups excluding carboxylic acids is 1. The molecular weight excluding hydrogens is 254 g/mol. The molecule has 1 atom stereocenters. The smallest absolute Gasteiger partial charge is 0.237 e. The number of carbonyl (C=O) groups is 1. The van der Waals surface area contributed by atoms with E-state index < -0.39 is 0 Å². The van der Waals surface area contributed by atoms with Crippen LogP contribution in [0.25, 0.3) is 0 Å². The zero-order valence-electron chi connectivity index (χ0n) is 12.6. The standard InChI is InChI=1S/C15H25N3O2/c1-12(15(19)17-8-9-20-3)18(2)11-14-7-5-4-6-13(14)10-16/h4-7,12H,8-11,16H2,1-3H3,(H,17,19). The van der Waals surface area contributed by atoms with Crippen molar-refractivity contribution in [1.82, 2.24) is 10.2 Å². The van der Waals surface area contributed by atoms with Crippen LogP contribution in [-0.4, -0.2) is 44.2 Å². The van der Waals surface area contributed by atoms with Gasteiger partial charge in [0.15, 0.2) is 0 Å². The number of hydrogen-bond acceptors (Lipinski definition) is 4. The molecule has 1 aromatic rings. The monoisotopic (exact) mass is 279 g/mol. The Kier molecular flexibility index (Phi) is 7.22. The minimum absolute atomic E-state index is 0.00906. The number of rotatable bonds is 8. The maximum Gasteiger partial charge on any atom is 0.237 e. The van der Waals surface area contributed by atoms with E-state index in [2.05, 4.69) is 5.32 Å². The van der Waals surface area contributed by atoms with Crippen LogP contribution < -0.4 is 11.1 Å². The molecule has 0 aromatic heterocycles. The van der Waals surface area contributed by atoms with Crippen LogP contribution in [0.5, 0.6) is 0 Å². The van der Waals surface area contributed by atoms with Crippen LogP contribution in [0.4, 0.5) is 0 Å². The van der Waals surface area contributed by atoms with Crippen LogP contribution in [0.2, 0.25) is 0 Å². The Morgan fingerprint density at radius 1 is 1.40 bits per heavy atom. The van der Waals surface area contributed by atoms with Gasteiger partial charge >= 0.3 is 0 Å². The summed E-state index contributed by atoms with van der Waals surface area (Å²) in [6.45, 7) is 4.17. The van der Waals surface area contributed by atoms with Gasteiger partial charge in [-0.25, -0.2) is 0 Å². The third-order valence-electron chi connectivity index (χ3n) is 3.40. The molecule has 0 saturated carbocycles. The fourth-order valence-corrected chi connectivity index (χ4v) is 1.94. The molecule has 0 bridgehead atoms. The third kappa shape index (κ3) is 4.92. The van der Waals surface area contributed by atoms with Gasteiger partial charge < -0.3 is 15.8 Å². The highest BCUT2D eigenvalue weighted by atomic mass is 16.5. The quantitative estimate of drug-likeness (QED) is 0.688. The first-order chi connectivity index (χ1) is 9.60. The van der Waals surface area contributed by atoms with Crippen molar-refractivity contribution in [2.24, 2.45) is 5.73 Å². The van der Waals surface area contributed by atoms with E-state index in [1.165, 1.54) is 0 Å². The molecule has 1 aromatic carbocycles. The summed E-state index contributed by atoms with van der Waals surface area (Å²) in [4.78, 5) is 14.0. The van der Waals surface area contributed by atoms with E-state index in [-0.39, 0.29) is 11.9 Å². The number of nitrogens with two attached hydrogens (primary N) is 1. The molecule has 0 aliphatic carbocycles. The predicted molar refractivity (Wildman–Crippen MR) is 80.1 cm³/mol. The second-order valence-electron chi connectivity index (χ2n) is 4.85. The van der Waals surface area contributed by atoms with Gasteiger partial charge in [-0.15, -0.1) is 0 Å². The van der Waals surface area contributed by atoms with Gasteiger partial charge in [0.1, 0.15) is 0 Å². The maximum atomic E-state index is 12.0. The second kappa shape index (κ2) is 8.68. The molecule has 0 saturated heterocycles. The molecule has 5 heteroatoms. The molecule has 0 aliphatic rings. The summed E-state index contributed by atoms with van der Waals surface area (Å²) in [6.07, 6.45) is 0. The number of benzene rings is 1. The van der Waals surface area contributed by atoms with Crippen molar-refractivity contribution >= 4 is 5.91 Å². The normalized spacial score (nSPS) is 12.4. The molecular formula is C15H25N3O2. The highest BCUT2D eigenvalue weighted by molar-refractivity contribution is 5.81. The minimum atomic E-state index is -0.197. The molecule has 112 valence electrons. The zero-order valence-corrected chi connectivity index (χ0v) is 12.6. The lowest BCUT2D eigenvalue weighted by atomic mass is 10.1. The van der Waals surface area contributed by atoms with Crippen molar-refractivity contribution in [2.75, 3.05) is 27.3 Å². The van der Waals surface area contributed by atoms with Crippen molar-refractivity contribution in [3.8, 4) is 0 Å². The third-order valence-corrected chi connectivity index (χ3v) is 3.40. The number of ether oxygens (including phenoxy) is 1. The van der Waals surface area contributed by atoms with Gasteiger partial charge in [0.2, 0.25) is 5.91 Å². The fraction of sp³-hybridized carbons (Fsp3) is 0.533. The summed E-state index contributed by atoms with van der Waals surface area (Å²) in [5, 5.41) is 2.85. The molecule has 1 amide bonds. The lowest BCUT2D eigenvalue weighted by Gasteiger charge is -2.24. The van der Waals surface area contributed by atoms with E-state index >= 15 is 0 Å². The lowest BCUT2D eigenvalue weighted by Crippen LogP contribution is -2.43. The molecule has 0 fully saturated rings. The number of hydrogen-bond donors (Lipinski definition) is 2. The Labute approximate surface area is 121 Å². The highest BCUT2D eigenvalue weighted by Gasteiger charge is 2.18. The van der Waals surface area contributed by atoms with Crippen molar-refractivity contribution in [3.63, 3.8) is 0 Å². The van der Waals surface area contributed by atoms with Crippen LogP contribution in [0.3, 0.4) is 0 Å². The van der Waals surface area contributed by atoms with Gasteiger partial charge in [-0.2, -0.15) is 0 Å². The number of likely N-dealkylation sites (N-methyl/N-ethyl adjacent to an activating group) is 1. The van der Waals surface area contributed by atoms with Crippen LogP contribution >= 0.6 is 0 Å². The van der Waals surface area contributed by atoms with E-state index in [1.807, 2.05) is 43.1 Å². The van der Waals surface area contributed by atoms with E-state index in [0.29, 0.717) is 26.2 Å². The van der Waals surface area contributed by atoms with Gasteiger partial charge in [-0.3, -0.25) is 9.69 Å². The summed E-state index contributed by atoms with van der Waals surface area (Å²) < 4.78 is 4.92. The van der Waals surface area contributed by atoms with Gasteiger partial charge in [-0.1, -0.05) is 24.3 Å². The molecule has 0 spiro atoms. The summed E-state index contributed by atoms with van der Waals surface area (Å²) >= 11 is 0. The van der Waals surface area contributed by atoms with Gasteiger partial charge in [0.25, 0.3) is 0 Å². The van der Waals surface area contributed by atoms with Crippen molar-refractivity contribution in [2.45, 2.75) is 26.1 Å². The topological polar surface area (TPSA) is 67.6 Å². The first-order valence-electron chi connectivity index (χ1n) is 6.83. The molecule has 20 heavy (non-hydrogen) atoms. The second-order valence-corrected chi connectivity index (χ2v) is 4.85. The molecule has 3 N–H and O–H groups in total. The average molecular weight is 279 g/mol. The SMILES string of the molecule is COCCNC(=O)C(C)N(C)Cc1ccccc1CN. The predicted octanol–water partition coefficient (Wildman–Crippen LogP) is 0.728. The van der Waals surface area contributed by atoms with Crippen molar-refractivity contribution in [1.29, 1.82) is 0 Å². The summed E-state index contributed by atoms with van der Waals surface area (Å²) in [5.41, 5.74) is 8.01. The zero-order chi connectivity index (χ0) is 15.0. The molecule has 0 radical (unpaired) electrons. The Hall–Kier alpha value is -1.43. The Bertz CT molecular complexity index is 423. The first-order valence-corrected chi connectivity index (χ1v) is 6.83. The van der Waals surface area contributed by atoms with Crippen molar-refractivity contribution in [3.05, 3.63) is 35.4 Å². The Balaban J connectivity index is 2.56. The maximum absolute atomic E-state index is 12.0. The molecule has 0 aliphatic heterocycles. The van der Waals surface area contributed by atoms with Crippen LogP contribution in [0.15, 0.2) is 24.3 Å². The Morgan fingerprint density at radius 2 is 2.05 bits per heavy atom. The van der Waals surface area contributed by atoms with E-state index in [4.69, 9.17) is 10.5 Å². The van der Waals surface area contributed by atoms with Gasteiger partial charge in [0, 0.05) is 26.7 Å². The number of nitrogens with zero attached hydrogens (tertiary/aromatic N) is 1. The first kappa shape index (κ1) is 16.6. The number of amides is 1. The summed E-state index contributed by atoms with van der Waals surface area (Å²) in [7, 11) is 3.55. The number of methoxy groups -OCH3 is 1. The molecule has 5 nitrogen and oxygen atoms in total. The van der Waals surface area contributed by atoms with Crippen LogP contribution in [0, 0.1) is 0 Å². The largest absolute Gasteiger partial charge is 0.383 e. The summed E-state index contributed by atoms with van der Waals surface area (Å²) in [6, 6.07) is 7.84. The average Bonchev–Trinajstić information content (AvgIpc) is 2.47. The Morgan fingerprint density at radius 3 is 2.65 bits per heavy atom. The summed E-state index contributed by atoms with van der Waals surface area (Å²) in [5.74, 6) is 0.00906. The van der Waals surface area contributed by atoms with Gasteiger partial charge in [-0.05, 0) is 25.1 Å². The lowest BCUT2D eigenvalue weighted by molar-refractivity contribution is -0.125. The van der Waals surface area contributed by atoms with Crippen LogP contribution in [-0.2, 0) is 22.6 Å². The van der Waals surface area contributed by atoms with E-state index in [0.717, 1.165) is 11.1 Å². The molecule has 0 heterocycles. The minimum Gasteiger partial charge on any atom is -0.383 e. The van der Waals surface area contributed by atoms with E-state index in [1.54, 1.807) is 7.11 Å². The van der Waals surface area contributed by atoms with Crippen molar-refractivity contribution < 1.29 is 9.53 Å². The fourth-order valence-electron chi connectivity index (χ4n) is 1.94. The van der Waals surface area contributed by atoms with E-state index in [9.17, 15) is 4.79 Å².